The Morgan fingerprint density at radius 3 is 2.32 bits per heavy atom. The van der Waals surface area contributed by atoms with Crippen LogP contribution in [0.3, 0.4) is 0 Å². The van der Waals surface area contributed by atoms with Crippen molar-refractivity contribution in [1.82, 2.24) is 4.90 Å². The highest BCUT2D eigenvalue weighted by molar-refractivity contribution is 5.74. The van der Waals surface area contributed by atoms with Gasteiger partial charge in [-0.2, -0.15) is 0 Å². The minimum atomic E-state index is -0.787. The Bertz CT molecular complexity index is 370. The van der Waals surface area contributed by atoms with Gasteiger partial charge in [-0.15, -0.1) is 0 Å². The minimum Gasteiger partial charge on any atom is -0.481 e. The summed E-state index contributed by atoms with van der Waals surface area (Å²) >= 11 is 0. The molecule has 1 aliphatic heterocycles. The molecule has 2 aliphatic rings. The summed E-state index contributed by atoms with van der Waals surface area (Å²) in [7, 11) is 0. The van der Waals surface area contributed by atoms with E-state index in [-0.39, 0.29) is 12.1 Å². The summed E-state index contributed by atoms with van der Waals surface area (Å²) in [6.45, 7) is 6.10. The van der Waals surface area contributed by atoms with Crippen molar-refractivity contribution in [1.29, 1.82) is 0 Å². The van der Waals surface area contributed by atoms with Gasteiger partial charge < -0.3 is 14.7 Å². The predicted octanol–water partition coefficient (Wildman–Crippen LogP) is 2.50. The first kappa shape index (κ1) is 14.2. The summed E-state index contributed by atoms with van der Waals surface area (Å²) in [5, 5.41) is 9.34. The zero-order chi connectivity index (χ0) is 14.2. The van der Waals surface area contributed by atoms with E-state index < -0.39 is 17.5 Å². The molecule has 19 heavy (non-hydrogen) atoms. The summed E-state index contributed by atoms with van der Waals surface area (Å²) in [5.41, 5.74) is -0.540. The summed E-state index contributed by atoms with van der Waals surface area (Å²) in [4.78, 5) is 25.3. The predicted molar refractivity (Wildman–Crippen MR) is 69.8 cm³/mol. The molecule has 1 heterocycles. The molecule has 1 amide bonds. The van der Waals surface area contributed by atoms with Crippen molar-refractivity contribution in [3.8, 4) is 0 Å². The molecule has 1 saturated heterocycles. The Balaban J connectivity index is 2.12. The molecule has 2 rings (SSSR count). The first-order valence-corrected chi connectivity index (χ1v) is 7.02. The zero-order valence-corrected chi connectivity index (χ0v) is 11.9. The highest BCUT2D eigenvalue weighted by Crippen LogP contribution is 2.42. The Morgan fingerprint density at radius 2 is 1.84 bits per heavy atom. The van der Waals surface area contributed by atoms with Gasteiger partial charge >= 0.3 is 12.1 Å². The SMILES string of the molecule is CC(C)(C)OC(=O)N1CCC[C@@H](C(=O)O)[C@H]1C1CC1. The molecule has 0 spiro atoms. The van der Waals surface area contributed by atoms with Crippen LogP contribution in [0.5, 0.6) is 0 Å². The second-order valence-corrected chi connectivity index (χ2v) is 6.59. The normalized spacial score (nSPS) is 28.1. The third kappa shape index (κ3) is 3.39. The second-order valence-electron chi connectivity index (χ2n) is 6.59. The minimum absolute atomic E-state index is 0.180. The van der Waals surface area contributed by atoms with Gasteiger partial charge in [-0.3, -0.25) is 4.79 Å². The van der Waals surface area contributed by atoms with Gasteiger partial charge in [-0.25, -0.2) is 4.79 Å². The van der Waals surface area contributed by atoms with Crippen LogP contribution in [0.4, 0.5) is 4.79 Å². The monoisotopic (exact) mass is 269 g/mol. The van der Waals surface area contributed by atoms with Crippen LogP contribution in [-0.4, -0.2) is 40.3 Å². The fourth-order valence-electron chi connectivity index (χ4n) is 2.84. The smallest absolute Gasteiger partial charge is 0.410 e. The molecule has 5 heteroatoms. The van der Waals surface area contributed by atoms with E-state index in [4.69, 9.17) is 4.74 Å². The first-order chi connectivity index (χ1) is 8.79. The van der Waals surface area contributed by atoms with E-state index in [2.05, 4.69) is 0 Å². The van der Waals surface area contributed by atoms with Gasteiger partial charge in [0.2, 0.25) is 0 Å². The van der Waals surface area contributed by atoms with E-state index in [0.717, 1.165) is 19.3 Å². The number of carbonyl (C=O) groups excluding carboxylic acids is 1. The maximum atomic E-state index is 12.2. The molecule has 0 aromatic carbocycles. The summed E-state index contributed by atoms with van der Waals surface area (Å²) in [5.74, 6) is -0.882. The van der Waals surface area contributed by atoms with Crippen molar-refractivity contribution in [3.05, 3.63) is 0 Å². The van der Waals surface area contributed by atoms with Crippen molar-refractivity contribution in [2.75, 3.05) is 6.54 Å². The molecule has 1 saturated carbocycles. The van der Waals surface area contributed by atoms with Crippen LogP contribution in [0.15, 0.2) is 0 Å². The van der Waals surface area contributed by atoms with Crippen molar-refractivity contribution in [3.63, 3.8) is 0 Å². The molecular formula is C14H23NO4. The molecule has 2 atom stereocenters. The van der Waals surface area contributed by atoms with Crippen LogP contribution in [0, 0.1) is 11.8 Å². The number of hydrogen-bond acceptors (Lipinski definition) is 3. The molecule has 0 aromatic heterocycles. The lowest BCUT2D eigenvalue weighted by Gasteiger charge is -2.40. The highest BCUT2D eigenvalue weighted by atomic mass is 16.6. The fraction of sp³-hybridized carbons (Fsp3) is 0.857. The van der Waals surface area contributed by atoms with Crippen LogP contribution >= 0.6 is 0 Å². The molecule has 0 radical (unpaired) electrons. The summed E-state index contributed by atoms with van der Waals surface area (Å²) in [6.07, 6.45) is 3.08. The van der Waals surface area contributed by atoms with E-state index in [1.807, 2.05) is 20.8 Å². The maximum Gasteiger partial charge on any atom is 0.410 e. The Hall–Kier alpha value is -1.26. The van der Waals surface area contributed by atoms with E-state index in [1.165, 1.54) is 0 Å². The molecule has 1 aliphatic carbocycles. The lowest BCUT2D eigenvalue weighted by molar-refractivity contribution is -0.146. The molecule has 1 N–H and O–H groups in total. The van der Waals surface area contributed by atoms with Crippen LogP contribution in [0.25, 0.3) is 0 Å². The number of nitrogens with zero attached hydrogens (tertiary/aromatic N) is 1. The van der Waals surface area contributed by atoms with Gasteiger partial charge in [-0.1, -0.05) is 0 Å². The fourth-order valence-corrected chi connectivity index (χ4v) is 2.84. The van der Waals surface area contributed by atoms with Crippen LogP contribution in [-0.2, 0) is 9.53 Å². The average molecular weight is 269 g/mol. The van der Waals surface area contributed by atoms with Crippen LogP contribution < -0.4 is 0 Å². The molecule has 108 valence electrons. The number of carboxylic acids is 1. The lowest BCUT2D eigenvalue weighted by atomic mass is 9.86. The topological polar surface area (TPSA) is 66.8 Å². The van der Waals surface area contributed by atoms with Gasteiger partial charge in [0.15, 0.2) is 0 Å². The number of piperidine rings is 1. The van der Waals surface area contributed by atoms with E-state index in [9.17, 15) is 14.7 Å². The third-order valence-corrected chi connectivity index (χ3v) is 3.74. The second kappa shape index (κ2) is 5.02. The standard InChI is InChI=1S/C14H23NO4/c1-14(2,3)19-13(18)15-8-4-5-10(12(16)17)11(15)9-6-7-9/h9-11H,4-8H2,1-3H3,(H,16,17)/t10-,11-/m1/s1. The van der Waals surface area contributed by atoms with Crippen molar-refractivity contribution >= 4 is 12.1 Å². The molecule has 2 fully saturated rings. The number of likely N-dealkylation sites (tertiary alicyclic amines) is 1. The number of ether oxygens (including phenoxy) is 1. The number of carboxylic acid groups (broad SMARTS) is 1. The van der Waals surface area contributed by atoms with Gasteiger partial charge in [0.25, 0.3) is 0 Å². The Labute approximate surface area is 113 Å². The van der Waals surface area contributed by atoms with Crippen molar-refractivity contribution < 1.29 is 19.4 Å². The molecule has 5 nitrogen and oxygen atoms in total. The molecule has 0 unspecified atom stereocenters. The van der Waals surface area contributed by atoms with Crippen molar-refractivity contribution in [2.45, 2.75) is 58.1 Å². The number of aliphatic carboxylic acids is 1. The first-order valence-electron chi connectivity index (χ1n) is 7.02. The van der Waals surface area contributed by atoms with Crippen molar-refractivity contribution in [2.24, 2.45) is 11.8 Å². The number of rotatable bonds is 2. The number of hydrogen-bond donors (Lipinski definition) is 1. The maximum absolute atomic E-state index is 12.2. The Kier molecular flexibility index (Phi) is 3.74. The van der Waals surface area contributed by atoms with Crippen LogP contribution in [0.2, 0.25) is 0 Å². The largest absolute Gasteiger partial charge is 0.481 e. The summed E-state index contributed by atoms with van der Waals surface area (Å²) < 4.78 is 5.41. The molecule has 0 bridgehead atoms. The lowest BCUT2D eigenvalue weighted by Crippen LogP contribution is -2.53. The quantitative estimate of drug-likeness (QED) is 0.836. The van der Waals surface area contributed by atoms with Gasteiger partial charge in [0, 0.05) is 6.54 Å². The third-order valence-electron chi connectivity index (χ3n) is 3.74. The van der Waals surface area contributed by atoms with E-state index >= 15 is 0 Å². The summed E-state index contributed by atoms with van der Waals surface area (Å²) in [6, 6.07) is -0.180. The Morgan fingerprint density at radius 1 is 1.21 bits per heavy atom. The van der Waals surface area contributed by atoms with Gasteiger partial charge in [0.1, 0.15) is 5.60 Å². The van der Waals surface area contributed by atoms with E-state index in [0.29, 0.717) is 18.9 Å². The van der Waals surface area contributed by atoms with Gasteiger partial charge in [-0.05, 0) is 52.4 Å². The number of amides is 1. The van der Waals surface area contributed by atoms with Crippen LogP contribution in [0.1, 0.15) is 46.5 Å². The number of carbonyl (C=O) groups is 2. The zero-order valence-electron chi connectivity index (χ0n) is 11.9. The molecular weight excluding hydrogens is 246 g/mol. The average Bonchev–Trinajstić information content (AvgIpc) is 3.09. The highest BCUT2D eigenvalue weighted by Gasteiger charge is 2.47. The van der Waals surface area contributed by atoms with Gasteiger partial charge in [0.05, 0.1) is 12.0 Å². The van der Waals surface area contributed by atoms with E-state index in [1.54, 1.807) is 4.90 Å². The molecule has 0 aromatic rings.